The molecule has 3 rings (SSSR count). The van der Waals surface area contributed by atoms with Crippen molar-refractivity contribution in [1.82, 2.24) is 29.9 Å². The molecular formula is C23H31ClN6O7. The Morgan fingerprint density at radius 3 is 1.57 bits per heavy atom. The third-order valence-electron chi connectivity index (χ3n) is 3.28. The van der Waals surface area contributed by atoms with Crippen LogP contribution in [0, 0.1) is 13.8 Å². The standard InChI is InChI=1S/C8H10N2O2.C6H5ClN2O2.C6H6N2O2.C2H6O.CH4/c1-3-12-8(11)7-5-9-6(2)4-10-7;1-11-6(10)4-2-9-5(7)3-8-4;1-4-2-8-5(3-7-4)6(9)10;1-2-3;/h4-5H,3H2,1-2H3;2-3H,1H3;2-3H,1H3,(H,9,10);3H,2H2,1H3;1H4. The number of carboxylic acid groups (broad SMARTS) is 1. The van der Waals surface area contributed by atoms with Gasteiger partial charge in [0.25, 0.3) is 0 Å². The van der Waals surface area contributed by atoms with Gasteiger partial charge in [-0.15, -0.1) is 0 Å². The van der Waals surface area contributed by atoms with Gasteiger partial charge in [0.2, 0.25) is 0 Å². The summed E-state index contributed by atoms with van der Waals surface area (Å²) < 4.78 is 9.12. The molecule has 0 aromatic carbocycles. The number of aliphatic hydroxyl groups is 1. The zero-order valence-corrected chi connectivity index (χ0v) is 21.1. The maximum atomic E-state index is 11.0. The molecule has 0 bridgehead atoms. The number of halogens is 1. The van der Waals surface area contributed by atoms with E-state index < -0.39 is 17.9 Å². The van der Waals surface area contributed by atoms with E-state index in [9.17, 15) is 14.4 Å². The molecule has 0 unspecified atom stereocenters. The number of carbonyl (C=O) groups excluding carboxylic acids is 2. The molecule has 0 aliphatic rings. The summed E-state index contributed by atoms with van der Waals surface area (Å²) in [6.07, 6.45) is 8.14. The molecule has 3 aromatic heterocycles. The van der Waals surface area contributed by atoms with E-state index in [4.69, 9.17) is 26.6 Å². The van der Waals surface area contributed by atoms with Crippen LogP contribution in [0.3, 0.4) is 0 Å². The fourth-order valence-electron chi connectivity index (χ4n) is 1.73. The molecule has 0 saturated heterocycles. The number of esters is 2. The predicted molar refractivity (Wildman–Crippen MR) is 134 cm³/mol. The highest BCUT2D eigenvalue weighted by Crippen LogP contribution is 2.01. The Morgan fingerprint density at radius 2 is 1.22 bits per heavy atom. The highest BCUT2D eigenvalue weighted by atomic mass is 35.5. The van der Waals surface area contributed by atoms with Crippen LogP contribution in [0.4, 0.5) is 0 Å². The first-order chi connectivity index (χ1) is 17.1. The molecule has 13 nitrogen and oxygen atoms in total. The molecular weight excluding hydrogens is 508 g/mol. The van der Waals surface area contributed by atoms with E-state index in [-0.39, 0.29) is 36.3 Å². The van der Waals surface area contributed by atoms with Crippen LogP contribution in [0.1, 0.15) is 64.1 Å². The Kier molecular flexibility index (Phi) is 19.1. The number of aromatic nitrogens is 6. The number of rotatable bonds is 4. The van der Waals surface area contributed by atoms with Crippen LogP contribution in [-0.4, -0.2) is 78.3 Å². The minimum Gasteiger partial charge on any atom is -0.476 e. The fourth-order valence-corrected chi connectivity index (χ4v) is 1.83. The first-order valence-electron chi connectivity index (χ1n) is 10.2. The number of aromatic carboxylic acids is 1. The van der Waals surface area contributed by atoms with Gasteiger partial charge < -0.3 is 19.7 Å². The average molecular weight is 539 g/mol. The molecule has 2 N–H and O–H groups in total. The lowest BCUT2D eigenvalue weighted by Crippen LogP contribution is -2.07. The van der Waals surface area contributed by atoms with Gasteiger partial charge in [-0.1, -0.05) is 19.0 Å². The third kappa shape index (κ3) is 15.5. The van der Waals surface area contributed by atoms with E-state index in [1.807, 2.05) is 6.92 Å². The van der Waals surface area contributed by atoms with Gasteiger partial charge in [0, 0.05) is 19.0 Å². The Hall–Kier alpha value is -4.10. The number of hydrogen-bond donors (Lipinski definition) is 2. The van der Waals surface area contributed by atoms with Gasteiger partial charge in [0.05, 0.1) is 49.9 Å². The SMILES string of the molecule is C.CCO.CCOC(=O)c1cnc(C)cn1.COC(=O)c1cnc(Cl)cn1.Cc1cnc(C(=O)O)cn1. The summed E-state index contributed by atoms with van der Waals surface area (Å²) >= 11 is 5.43. The summed E-state index contributed by atoms with van der Waals surface area (Å²) in [5, 5.41) is 16.2. The molecule has 3 heterocycles. The number of aliphatic hydroxyl groups excluding tert-OH is 1. The molecule has 3 aromatic rings. The van der Waals surface area contributed by atoms with Crippen molar-refractivity contribution >= 4 is 29.5 Å². The zero-order valence-electron chi connectivity index (χ0n) is 20.4. The van der Waals surface area contributed by atoms with Gasteiger partial charge in [-0.3, -0.25) is 9.97 Å². The van der Waals surface area contributed by atoms with Crippen LogP contribution in [0.25, 0.3) is 0 Å². The number of aryl methyl sites for hydroxylation is 2. The van der Waals surface area contributed by atoms with E-state index in [1.165, 1.54) is 44.3 Å². The normalized spacial score (nSPS) is 8.84. The fraction of sp³-hybridized carbons (Fsp3) is 0.348. The second-order valence-electron chi connectivity index (χ2n) is 6.14. The Balaban J connectivity index is 0. The summed E-state index contributed by atoms with van der Waals surface area (Å²) in [6.45, 7) is 7.59. The van der Waals surface area contributed by atoms with Crippen molar-refractivity contribution in [2.45, 2.75) is 35.1 Å². The maximum Gasteiger partial charge on any atom is 0.358 e. The van der Waals surface area contributed by atoms with Gasteiger partial charge in [0.1, 0.15) is 5.15 Å². The molecule has 202 valence electrons. The Bertz CT molecular complexity index is 1070. The van der Waals surface area contributed by atoms with Crippen molar-refractivity contribution < 1.29 is 34.1 Å². The van der Waals surface area contributed by atoms with Gasteiger partial charge >= 0.3 is 17.9 Å². The molecule has 0 radical (unpaired) electrons. The van der Waals surface area contributed by atoms with Crippen LogP contribution in [0.2, 0.25) is 5.15 Å². The first kappa shape index (κ1) is 35.1. The van der Waals surface area contributed by atoms with E-state index in [2.05, 4.69) is 34.6 Å². The molecule has 0 amide bonds. The Morgan fingerprint density at radius 1 is 0.784 bits per heavy atom. The molecule has 37 heavy (non-hydrogen) atoms. The van der Waals surface area contributed by atoms with Crippen molar-refractivity contribution in [3.8, 4) is 0 Å². The lowest BCUT2D eigenvalue weighted by Gasteiger charge is -1.99. The van der Waals surface area contributed by atoms with Gasteiger partial charge in [-0.25, -0.2) is 34.3 Å². The largest absolute Gasteiger partial charge is 0.476 e. The molecule has 0 spiro atoms. The Labute approximate surface area is 220 Å². The van der Waals surface area contributed by atoms with Crippen molar-refractivity contribution in [2.24, 2.45) is 0 Å². The average Bonchev–Trinajstić information content (AvgIpc) is 2.86. The number of nitrogens with zero attached hydrogens (tertiary/aromatic N) is 6. The number of carbonyl (C=O) groups is 3. The minimum absolute atomic E-state index is 0. The van der Waals surface area contributed by atoms with Crippen molar-refractivity contribution in [1.29, 1.82) is 0 Å². The number of ether oxygens (including phenoxy) is 2. The summed E-state index contributed by atoms with van der Waals surface area (Å²) in [6, 6.07) is 0. The number of hydrogen-bond acceptors (Lipinski definition) is 12. The second-order valence-corrected chi connectivity index (χ2v) is 6.53. The van der Waals surface area contributed by atoms with Gasteiger partial charge in [-0.2, -0.15) is 0 Å². The number of carboxylic acids is 1. The van der Waals surface area contributed by atoms with Crippen LogP contribution in [0.15, 0.2) is 37.2 Å². The summed E-state index contributed by atoms with van der Waals surface area (Å²) in [7, 11) is 1.28. The second kappa shape index (κ2) is 20.1. The van der Waals surface area contributed by atoms with Gasteiger partial charge in [0.15, 0.2) is 17.1 Å². The van der Waals surface area contributed by atoms with Crippen LogP contribution in [-0.2, 0) is 9.47 Å². The van der Waals surface area contributed by atoms with Gasteiger partial charge in [-0.05, 0) is 27.7 Å². The molecule has 0 saturated carbocycles. The van der Waals surface area contributed by atoms with E-state index in [0.29, 0.717) is 12.3 Å². The van der Waals surface area contributed by atoms with Crippen molar-refractivity contribution in [3.63, 3.8) is 0 Å². The highest BCUT2D eigenvalue weighted by Gasteiger charge is 2.07. The van der Waals surface area contributed by atoms with Crippen LogP contribution < -0.4 is 0 Å². The zero-order chi connectivity index (χ0) is 27.5. The third-order valence-corrected chi connectivity index (χ3v) is 3.48. The highest BCUT2D eigenvalue weighted by molar-refractivity contribution is 6.29. The summed E-state index contributed by atoms with van der Waals surface area (Å²) in [5.74, 6) is -1.99. The summed E-state index contributed by atoms with van der Waals surface area (Å²) in [4.78, 5) is 54.5. The summed E-state index contributed by atoms with van der Waals surface area (Å²) in [5.41, 5.74) is 1.87. The minimum atomic E-state index is -1.05. The van der Waals surface area contributed by atoms with Crippen LogP contribution in [0.5, 0.6) is 0 Å². The lowest BCUT2D eigenvalue weighted by atomic mass is 10.4. The predicted octanol–water partition coefficient (Wildman–Crippen LogP) is 3.00. The smallest absolute Gasteiger partial charge is 0.358 e. The molecule has 14 heteroatoms. The van der Waals surface area contributed by atoms with Crippen molar-refractivity contribution in [3.05, 3.63) is 70.8 Å². The molecule has 0 aliphatic heterocycles. The van der Waals surface area contributed by atoms with E-state index in [1.54, 1.807) is 20.8 Å². The van der Waals surface area contributed by atoms with Crippen molar-refractivity contribution in [2.75, 3.05) is 20.3 Å². The first-order valence-corrected chi connectivity index (χ1v) is 10.6. The van der Waals surface area contributed by atoms with E-state index in [0.717, 1.165) is 5.69 Å². The monoisotopic (exact) mass is 538 g/mol. The van der Waals surface area contributed by atoms with E-state index >= 15 is 0 Å². The van der Waals surface area contributed by atoms with Crippen LogP contribution >= 0.6 is 11.6 Å². The quantitative estimate of drug-likeness (QED) is 0.461. The lowest BCUT2D eigenvalue weighted by molar-refractivity contribution is 0.0517. The number of methoxy groups -OCH3 is 1. The molecule has 0 fully saturated rings. The molecule has 0 aliphatic carbocycles. The topological polar surface area (TPSA) is 187 Å². The maximum absolute atomic E-state index is 11.0. The molecule has 0 atom stereocenters.